The summed E-state index contributed by atoms with van der Waals surface area (Å²) in [6, 6.07) is 4.34. The molecule has 2 N–H and O–H groups in total. The van der Waals surface area contributed by atoms with Crippen LogP contribution in [0.15, 0.2) is 36.7 Å². The van der Waals surface area contributed by atoms with E-state index in [0.717, 1.165) is 55.7 Å². The first-order valence-electron chi connectivity index (χ1n) is 10.0. The number of aryl methyl sites for hydroxylation is 3. The van der Waals surface area contributed by atoms with E-state index in [2.05, 4.69) is 33.5 Å². The number of pyridine rings is 1. The Balaban J connectivity index is 1.46. The Morgan fingerprint density at radius 3 is 2.89 bits per heavy atom. The zero-order chi connectivity index (χ0) is 19.8. The summed E-state index contributed by atoms with van der Waals surface area (Å²) in [5, 5.41) is 12.5. The van der Waals surface area contributed by atoms with Crippen molar-refractivity contribution in [3.63, 3.8) is 0 Å². The SMILES string of the molecule is Cc1ncc([C@@H](/C=C/CCCCc2ccc3c(n2)NCCC3)CC(=O)O)cn1. The maximum atomic E-state index is 11.2. The summed E-state index contributed by atoms with van der Waals surface area (Å²) in [6.45, 7) is 2.83. The van der Waals surface area contributed by atoms with Crippen molar-refractivity contribution in [2.75, 3.05) is 11.9 Å². The first-order valence-corrected chi connectivity index (χ1v) is 10.0. The minimum Gasteiger partial charge on any atom is -0.481 e. The normalized spacial score (nSPS) is 14.5. The molecule has 6 heteroatoms. The summed E-state index contributed by atoms with van der Waals surface area (Å²) in [5.41, 5.74) is 3.30. The Bertz CT molecular complexity index is 818. The fourth-order valence-corrected chi connectivity index (χ4v) is 3.42. The van der Waals surface area contributed by atoms with Crippen molar-refractivity contribution in [2.24, 2.45) is 0 Å². The van der Waals surface area contributed by atoms with Gasteiger partial charge >= 0.3 is 5.97 Å². The number of rotatable bonds is 9. The number of allylic oxidation sites excluding steroid dienone is 2. The van der Waals surface area contributed by atoms with Gasteiger partial charge in [0, 0.05) is 30.6 Å². The highest BCUT2D eigenvalue weighted by molar-refractivity contribution is 5.68. The molecule has 1 aliphatic rings. The topological polar surface area (TPSA) is 88.0 Å². The molecule has 0 unspecified atom stereocenters. The largest absolute Gasteiger partial charge is 0.481 e. The number of aliphatic carboxylic acids is 1. The Hall–Kier alpha value is -2.76. The lowest BCUT2D eigenvalue weighted by Crippen LogP contribution is -2.13. The molecule has 0 spiro atoms. The van der Waals surface area contributed by atoms with Crippen LogP contribution in [-0.4, -0.2) is 32.6 Å². The molecule has 148 valence electrons. The van der Waals surface area contributed by atoms with E-state index in [1.165, 1.54) is 12.0 Å². The molecule has 3 rings (SSSR count). The van der Waals surface area contributed by atoms with Crippen molar-refractivity contribution in [3.05, 3.63) is 59.3 Å². The first kappa shape index (κ1) is 20.0. The van der Waals surface area contributed by atoms with E-state index in [-0.39, 0.29) is 12.3 Å². The number of unbranched alkanes of at least 4 members (excludes halogenated alkanes) is 2. The van der Waals surface area contributed by atoms with E-state index < -0.39 is 5.97 Å². The van der Waals surface area contributed by atoms with Gasteiger partial charge in [-0.1, -0.05) is 18.2 Å². The van der Waals surface area contributed by atoms with Crippen LogP contribution in [0, 0.1) is 6.92 Å². The summed E-state index contributed by atoms with van der Waals surface area (Å²) in [6.07, 6.45) is 13.8. The maximum absolute atomic E-state index is 11.2. The number of hydrogen-bond acceptors (Lipinski definition) is 5. The van der Waals surface area contributed by atoms with Crippen LogP contribution in [-0.2, 0) is 17.6 Å². The van der Waals surface area contributed by atoms with E-state index in [1.54, 1.807) is 12.4 Å². The zero-order valence-corrected chi connectivity index (χ0v) is 16.4. The molecule has 0 saturated carbocycles. The number of aromatic nitrogens is 3. The van der Waals surface area contributed by atoms with Gasteiger partial charge in [-0.15, -0.1) is 0 Å². The van der Waals surface area contributed by atoms with Gasteiger partial charge in [-0.25, -0.2) is 15.0 Å². The van der Waals surface area contributed by atoms with Gasteiger partial charge < -0.3 is 10.4 Å². The molecule has 28 heavy (non-hydrogen) atoms. The highest BCUT2D eigenvalue weighted by Crippen LogP contribution is 2.22. The molecular formula is C22H28N4O2. The van der Waals surface area contributed by atoms with Crippen molar-refractivity contribution < 1.29 is 9.90 Å². The lowest BCUT2D eigenvalue weighted by atomic mass is 9.97. The van der Waals surface area contributed by atoms with Crippen molar-refractivity contribution in [1.29, 1.82) is 0 Å². The Kier molecular flexibility index (Phi) is 7.12. The van der Waals surface area contributed by atoms with Crippen LogP contribution in [0.2, 0.25) is 0 Å². The van der Waals surface area contributed by atoms with Crippen LogP contribution in [0.4, 0.5) is 5.82 Å². The number of carboxylic acid groups (broad SMARTS) is 1. The molecule has 0 aromatic carbocycles. The van der Waals surface area contributed by atoms with Gasteiger partial charge in [0.1, 0.15) is 11.6 Å². The molecule has 0 radical (unpaired) electrons. The van der Waals surface area contributed by atoms with Gasteiger partial charge in [-0.2, -0.15) is 0 Å². The molecule has 1 atom stereocenters. The van der Waals surface area contributed by atoms with Crippen LogP contribution < -0.4 is 5.32 Å². The van der Waals surface area contributed by atoms with Gasteiger partial charge in [0.15, 0.2) is 0 Å². The summed E-state index contributed by atoms with van der Waals surface area (Å²) in [7, 11) is 0. The average Bonchev–Trinajstić information content (AvgIpc) is 2.70. The van der Waals surface area contributed by atoms with Gasteiger partial charge in [0.2, 0.25) is 0 Å². The predicted molar refractivity (Wildman–Crippen MR) is 110 cm³/mol. The van der Waals surface area contributed by atoms with E-state index >= 15 is 0 Å². The second-order valence-electron chi connectivity index (χ2n) is 7.28. The van der Waals surface area contributed by atoms with Crippen molar-refractivity contribution in [1.82, 2.24) is 15.0 Å². The summed E-state index contributed by atoms with van der Waals surface area (Å²) in [4.78, 5) is 24.2. The number of carboxylic acids is 1. The lowest BCUT2D eigenvalue weighted by Gasteiger charge is -2.17. The lowest BCUT2D eigenvalue weighted by molar-refractivity contribution is -0.137. The Labute approximate surface area is 166 Å². The number of nitrogens with one attached hydrogen (secondary N) is 1. The molecule has 0 saturated heterocycles. The van der Waals surface area contributed by atoms with Gasteiger partial charge in [-0.3, -0.25) is 4.79 Å². The van der Waals surface area contributed by atoms with Gasteiger partial charge in [-0.05, 0) is 62.6 Å². The predicted octanol–water partition coefficient (Wildman–Crippen LogP) is 4.07. The minimum absolute atomic E-state index is 0.0506. The van der Waals surface area contributed by atoms with Gasteiger partial charge in [0.25, 0.3) is 0 Å². The third-order valence-corrected chi connectivity index (χ3v) is 5.00. The quantitative estimate of drug-likeness (QED) is 0.504. The maximum Gasteiger partial charge on any atom is 0.304 e. The molecule has 0 bridgehead atoms. The van der Waals surface area contributed by atoms with Crippen LogP contribution in [0.1, 0.15) is 60.7 Å². The monoisotopic (exact) mass is 380 g/mol. The Morgan fingerprint density at radius 2 is 2.11 bits per heavy atom. The molecule has 1 aliphatic heterocycles. The van der Waals surface area contributed by atoms with Crippen LogP contribution in [0.3, 0.4) is 0 Å². The summed E-state index contributed by atoms with van der Waals surface area (Å²) >= 11 is 0. The smallest absolute Gasteiger partial charge is 0.304 e. The van der Waals surface area contributed by atoms with Crippen LogP contribution >= 0.6 is 0 Å². The van der Waals surface area contributed by atoms with Crippen LogP contribution in [0.5, 0.6) is 0 Å². The summed E-state index contributed by atoms with van der Waals surface area (Å²) < 4.78 is 0. The molecule has 2 aromatic heterocycles. The molecule has 3 heterocycles. The molecule has 0 amide bonds. The van der Waals surface area contributed by atoms with Crippen molar-refractivity contribution in [3.8, 4) is 0 Å². The van der Waals surface area contributed by atoms with E-state index in [4.69, 9.17) is 10.1 Å². The molecule has 6 nitrogen and oxygen atoms in total. The third-order valence-electron chi connectivity index (χ3n) is 5.00. The molecule has 0 fully saturated rings. The number of carbonyl (C=O) groups is 1. The highest BCUT2D eigenvalue weighted by atomic mass is 16.4. The van der Waals surface area contributed by atoms with Crippen molar-refractivity contribution >= 4 is 11.8 Å². The number of nitrogens with zero attached hydrogens (tertiary/aromatic N) is 3. The van der Waals surface area contributed by atoms with Gasteiger partial charge in [0.05, 0.1) is 6.42 Å². The third kappa shape index (κ3) is 5.87. The molecular weight excluding hydrogens is 352 g/mol. The number of anilines is 1. The minimum atomic E-state index is -0.817. The summed E-state index contributed by atoms with van der Waals surface area (Å²) in [5.74, 6) is 0.738. The first-order chi connectivity index (χ1) is 13.6. The molecule has 2 aromatic rings. The van der Waals surface area contributed by atoms with E-state index in [9.17, 15) is 4.79 Å². The second kappa shape index (κ2) is 9.97. The van der Waals surface area contributed by atoms with Crippen molar-refractivity contribution in [2.45, 2.75) is 57.8 Å². The molecule has 0 aliphatic carbocycles. The fraction of sp³-hybridized carbons (Fsp3) is 0.455. The number of fused-ring (bicyclic) bond motifs is 1. The van der Waals surface area contributed by atoms with Crippen LogP contribution in [0.25, 0.3) is 0 Å². The standard InChI is InChI=1S/C22H28N4O2/c1-16-24-14-19(15-25-16)18(13-21(27)28)7-4-2-3-5-9-20-11-10-17-8-6-12-23-22(17)26-20/h4,7,10-11,14-15,18H,2-3,5-6,8-9,12-13H2,1H3,(H,23,26)(H,27,28)/b7-4+/t18-/m0/s1. The highest BCUT2D eigenvalue weighted by Gasteiger charge is 2.13. The zero-order valence-electron chi connectivity index (χ0n) is 16.4. The second-order valence-corrected chi connectivity index (χ2v) is 7.28. The van der Waals surface area contributed by atoms with E-state index in [1.807, 2.05) is 13.0 Å². The average molecular weight is 380 g/mol. The fourth-order valence-electron chi connectivity index (χ4n) is 3.42. The van der Waals surface area contributed by atoms with E-state index in [0.29, 0.717) is 5.82 Å². The number of hydrogen-bond donors (Lipinski definition) is 2. The Morgan fingerprint density at radius 1 is 1.29 bits per heavy atom.